The van der Waals surface area contributed by atoms with Crippen molar-refractivity contribution in [3.8, 4) is 11.5 Å². The minimum absolute atomic E-state index is 0.0924. The zero-order valence-electron chi connectivity index (χ0n) is 18.5. The number of aromatic nitrogens is 1. The highest BCUT2D eigenvalue weighted by Gasteiger charge is 2.29. The van der Waals surface area contributed by atoms with Crippen LogP contribution in [0, 0.1) is 5.92 Å². The number of amides is 2. The van der Waals surface area contributed by atoms with Crippen LogP contribution in [0.3, 0.4) is 0 Å². The molecule has 1 saturated heterocycles. The SMILES string of the molecule is COc1ccc(NC(=O)C2CCCN(C(=O)CCc3c[nH]c4ccccc34)C2)c(OC)c1. The Labute approximate surface area is 187 Å². The Morgan fingerprint density at radius 1 is 1.16 bits per heavy atom. The third-order valence-electron chi connectivity index (χ3n) is 6.09. The van der Waals surface area contributed by atoms with Gasteiger partial charge in [0.05, 0.1) is 25.8 Å². The number of likely N-dealkylation sites (tertiary alicyclic amines) is 1. The third kappa shape index (κ3) is 4.72. The molecule has 0 radical (unpaired) electrons. The number of nitrogens with one attached hydrogen (secondary N) is 2. The molecule has 1 aliphatic rings. The van der Waals surface area contributed by atoms with Crippen molar-refractivity contribution < 1.29 is 19.1 Å². The van der Waals surface area contributed by atoms with Gasteiger partial charge in [-0.2, -0.15) is 0 Å². The zero-order chi connectivity index (χ0) is 22.5. The van der Waals surface area contributed by atoms with Crippen LogP contribution in [0.15, 0.2) is 48.7 Å². The summed E-state index contributed by atoms with van der Waals surface area (Å²) in [4.78, 5) is 30.9. The molecule has 1 aliphatic heterocycles. The Morgan fingerprint density at radius 3 is 2.81 bits per heavy atom. The molecule has 0 aliphatic carbocycles. The second-order valence-electron chi connectivity index (χ2n) is 8.09. The molecule has 2 amide bonds. The predicted octanol–water partition coefficient (Wildman–Crippen LogP) is 4.00. The Balaban J connectivity index is 1.35. The Morgan fingerprint density at radius 2 is 2.00 bits per heavy atom. The number of fused-ring (bicyclic) bond motifs is 1. The van der Waals surface area contributed by atoms with Crippen molar-refractivity contribution >= 4 is 28.4 Å². The number of aryl methyl sites for hydroxylation is 1. The number of piperidine rings is 1. The minimum Gasteiger partial charge on any atom is -0.497 e. The van der Waals surface area contributed by atoms with Gasteiger partial charge in [-0.3, -0.25) is 9.59 Å². The fourth-order valence-electron chi connectivity index (χ4n) is 4.29. The lowest BCUT2D eigenvalue weighted by atomic mass is 9.96. The molecule has 3 aromatic rings. The highest BCUT2D eigenvalue weighted by atomic mass is 16.5. The predicted molar refractivity (Wildman–Crippen MR) is 124 cm³/mol. The highest BCUT2D eigenvalue weighted by Crippen LogP contribution is 2.30. The minimum atomic E-state index is -0.243. The maximum absolute atomic E-state index is 12.9. The molecular weight excluding hydrogens is 406 g/mol. The summed E-state index contributed by atoms with van der Waals surface area (Å²) >= 11 is 0. The van der Waals surface area contributed by atoms with Gasteiger partial charge in [0.25, 0.3) is 0 Å². The molecule has 1 fully saturated rings. The summed E-state index contributed by atoms with van der Waals surface area (Å²) in [6.07, 6.45) is 4.67. The largest absolute Gasteiger partial charge is 0.497 e. The molecule has 1 aromatic heterocycles. The van der Waals surface area contributed by atoms with Crippen LogP contribution in [-0.4, -0.2) is 49.0 Å². The van der Waals surface area contributed by atoms with Crippen molar-refractivity contribution in [1.29, 1.82) is 0 Å². The number of para-hydroxylation sites is 1. The molecule has 2 N–H and O–H groups in total. The first-order valence-corrected chi connectivity index (χ1v) is 10.9. The lowest BCUT2D eigenvalue weighted by Gasteiger charge is -2.32. The van der Waals surface area contributed by atoms with Gasteiger partial charge >= 0.3 is 0 Å². The first-order valence-electron chi connectivity index (χ1n) is 10.9. The summed E-state index contributed by atoms with van der Waals surface area (Å²) in [6, 6.07) is 13.4. The summed E-state index contributed by atoms with van der Waals surface area (Å²) in [5.74, 6) is 0.953. The molecule has 1 atom stereocenters. The number of rotatable bonds is 7. The number of ether oxygens (including phenoxy) is 2. The van der Waals surface area contributed by atoms with Crippen LogP contribution in [-0.2, 0) is 16.0 Å². The standard InChI is InChI=1S/C25H29N3O4/c1-31-19-10-11-22(23(14-19)32-2)27-25(30)18-6-5-13-28(16-18)24(29)12-9-17-15-26-21-8-4-3-7-20(17)21/h3-4,7-8,10-11,14-15,18,26H,5-6,9,12-13,16H2,1-2H3,(H,27,30). The highest BCUT2D eigenvalue weighted by molar-refractivity contribution is 5.94. The fourth-order valence-corrected chi connectivity index (χ4v) is 4.29. The number of carbonyl (C=O) groups excluding carboxylic acids is 2. The second kappa shape index (κ2) is 9.77. The van der Waals surface area contributed by atoms with Gasteiger partial charge in [-0.15, -0.1) is 0 Å². The Kier molecular flexibility index (Phi) is 6.63. The van der Waals surface area contributed by atoms with E-state index in [-0.39, 0.29) is 17.7 Å². The van der Waals surface area contributed by atoms with E-state index in [1.165, 1.54) is 0 Å². The smallest absolute Gasteiger partial charge is 0.229 e. The molecule has 0 bridgehead atoms. The third-order valence-corrected chi connectivity index (χ3v) is 6.09. The maximum atomic E-state index is 12.9. The molecular formula is C25H29N3O4. The summed E-state index contributed by atoms with van der Waals surface area (Å²) in [7, 11) is 3.14. The Bertz CT molecular complexity index is 1110. The van der Waals surface area contributed by atoms with E-state index >= 15 is 0 Å². The van der Waals surface area contributed by atoms with Gasteiger partial charge in [0, 0.05) is 42.7 Å². The maximum Gasteiger partial charge on any atom is 0.229 e. The van der Waals surface area contributed by atoms with Crippen molar-refractivity contribution in [2.45, 2.75) is 25.7 Å². The van der Waals surface area contributed by atoms with Crippen molar-refractivity contribution in [1.82, 2.24) is 9.88 Å². The van der Waals surface area contributed by atoms with Gasteiger partial charge in [-0.05, 0) is 43.0 Å². The van der Waals surface area contributed by atoms with E-state index in [0.29, 0.717) is 43.1 Å². The lowest BCUT2D eigenvalue weighted by Crippen LogP contribution is -2.43. The van der Waals surface area contributed by atoms with Crippen molar-refractivity contribution in [2.24, 2.45) is 5.92 Å². The van der Waals surface area contributed by atoms with Gasteiger partial charge < -0.3 is 24.7 Å². The van der Waals surface area contributed by atoms with E-state index in [9.17, 15) is 9.59 Å². The van der Waals surface area contributed by atoms with Gasteiger partial charge in [0.1, 0.15) is 11.5 Å². The summed E-state index contributed by atoms with van der Waals surface area (Å²) < 4.78 is 10.6. The average molecular weight is 436 g/mol. The van der Waals surface area contributed by atoms with E-state index in [0.717, 1.165) is 29.3 Å². The fraction of sp³-hybridized carbons (Fsp3) is 0.360. The number of hydrogen-bond acceptors (Lipinski definition) is 4. The summed E-state index contributed by atoms with van der Waals surface area (Å²) in [6.45, 7) is 1.14. The van der Waals surface area contributed by atoms with Crippen LogP contribution < -0.4 is 14.8 Å². The number of aromatic amines is 1. The van der Waals surface area contributed by atoms with E-state index in [2.05, 4.69) is 16.4 Å². The molecule has 2 heterocycles. The molecule has 32 heavy (non-hydrogen) atoms. The number of anilines is 1. The zero-order valence-corrected chi connectivity index (χ0v) is 18.5. The first kappa shape index (κ1) is 21.7. The molecule has 4 rings (SSSR count). The number of nitrogens with zero attached hydrogens (tertiary/aromatic N) is 1. The number of methoxy groups -OCH3 is 2. The van der Waals surface area contributed by atoms with Gasteiger partial charge in [-0.1, -0.05) is 18.2 Å². The van der Waals surface area contributed by atoms with Gasteiger partial charge in [-0.25, -0.2) is 0 Å². The van der Waals surface area contributed by atoms with Crippen LogP contribution in [0.5, 0.6) is 11.5 Å². The summed E-state index contributed by atoms with van der Waals surface area (Å²) in [5, 5.41) is 4.11. The first-order chi connectivity index (χ1) is 15.6. The molecule has 7 nitrogen and oxygen atoms in total. The normalized spacial score (nSPS) is 16.1. The van der Waals surface area contributed by atoms with Gasteiger partial charge in [0.15, 0.2) is 0 Å². The second-order valence-corrected chi connectivity index (χ2v) is 8.09. The summed E-state index contributed by atoms with van der Waals surface area (Å²) in [5.41, 5.74) is 2.83. The van der Waals surface area contributed by atoms with Crippen LogP contribution in [0.25, 0.3) is 10.9 Å². The molecule has 0 saturated carbocycles. The van der Waals surface area contributed by atoms with Crippen LogP contribution in [0.2, 0.25) is 0 Å². The Hall–Kier alpha value is -3.48. The van der Waals surface area contributed by atoms with Crippen LogP contribution in [0.1, 0.15) is 24.8 Å². The van der Waals surface area contributed by atoms with Crippen LogP contribution in [0.4, 0.5) is 5.69 Å². The van der Waals surface area contributed by atoms with E-state index in [1.807, 2.05) is 29.3 Å². The lowest BCUT2D eigenvalue weighted by molar-refractivity contribution is -0.134. The number of benzene rings is 2. The number of carbonyl (C=O) groups is 2. The van der Waals surface area contributed by atoms with E-state index in [4.69, 9.17) is 9.47 Å². The van der Waals surface area contributed by atoms with Crippen molar-refractivity contribution in [2.75, 3.05) is 32.6 Å². The quantitative estimate of drug-likeness (QED) is 0.588. The molecule has 1 unspecified atom stereocenters. The molecule has 2 aromatic carbocycles. The van der Waals surface area contributed by atoms with Crippen LogP contribution >= 0.6 is 0 Å². The van der Waals surface area contributed by atoms with E-state index < -0.39 is 0 Å². The number of hydrogen-bond donors (Lipinski definition) is 2. The topological polar surface area (TPSA) is 83.7 Å². The van der Waals surface area contributed by atoms with Gasteiger partial charge in [0.2, 0.25) is 11.8 Å². The molecule has 0 spiro atoms. The molecule has 168 valence electrons. The van der Waals surface area contributed by atoms with Crippen molar-refractivity contribution in [3.63, 3.8) is 0 Å². The molecule has 7 heteroatoms. The monoisotopic (exact) mass is 435 g/mol. The number of H-pyrrole nitrogens is 1. The average Bonchev–Trinajstić information content (AvgIpc) is 3.26. The van der Waals surface area contributed by atoms with E-state index in [1.54, 1.807) is 32.4 Å². The van der Waals surface area contributed by atoms with Crippen molar-refractivity contribution in [3.05, 3.63) is 54.2 Å².